The van der Waals surface area contributed by atoms with Crippen LogP contribution in [0.25, 0.3) is 0 Å². The van der Waals surface area contributed by atoms with E-state index in [1.807, 2.05) is 0 Å². The first-order valence-corrected chi connectivity index (χ1v) is 4.27. The highest BCUT2D eigenvalue weighted by atomic mass is 16.1. The molecule has 4 fully saturated rings. The Bertz CT molecular complexity index is 221. The van der Waals surface area contributed by atoms with Crippen LogP contribution in [-0.4, -0.2) is 5.78 Å². The van der Waals surface area contributed by atoms with Gasteiger partial charge in [-0.15, -0.1) is 0 Å². The third-order valence-corrected chi connectivity index (χ3v) is 4.07. The van der Waals surface area contributed by atoms with Gasteiger partial charge in [-0.1, -0.05) is 6.92 Å². The van der Waals surface area contributed by atoms with Crippen LogP contribution in [0.15, 0.2) is 0 Å². The summed E-state index contributed by atoms with van der Waals surface area (Å²) in [6.07, 6.45) is 3.77. The lowest BCUT2D eigenvalue weighted by Crippen LogP contribution is -2.20. The topological polar surface area (TPSA) is 17.1 Å². The Hall–Kier alpha value is -0.330. The molecule has 4 atom stereocenters. The minimum Gasteiger partial charge on any atom is -0.299 e. The van der Waals surface area contributed by atoms with Crippen LogP contribution < -0.4 is 0 Å². The summed E-state index contributed by atoms with van der Waals surface area (Å²) in [6.45, 7) is 2.30. The van der Waals surface area contributed by atoms with Crippen LogP contribution in [0, 0.1) is 23.2 Å². The molecule has 0 radical (unpaired) electrons. The van der Waals surface area contributed by atoms with Gasteiger partial charge < -0.3 is 0 Å². The van der Waals surface area contributed by atoms with Gasteiger partial charge in [-0.05, 0) is 30.6 Å². The second kappa shape index (κ2) is 1.19. The number of Topliss-reactive ketones (excluding diaryl/α,β-unsaturated/α-hetero) is 1. The molecule has 4 bridgehead atoms. The molecular weight excluding hydrogens is 124 g/mol. The van der Waals surface area contributed by atoms with Gasteiger partial charge in [-0.25, -0.2) is 0 Å². The molecule has 0 heterocycles. The van der Waals surface area contributed by atoms with Crippen LogP contribution in [0.5, 0.6) is 0 Å². The maximum atomic E-state index is 11.4. The van der Waals surface area contributed by atoms with Gasteiger partial charge in [-0.3, -0.25) is 4.79 Å². The lowest BCUT2D eigenvalue weighted by Gasteiger charge is -2.22. The van der Waals surface area contributed by atoms with E-state index in [1.54, 1.807) is 0 Å². The minimum atomic E-state index is 0.486. The van der Waals surface area contributed by atoms with Crippen molar-refractivity contribution >= 4 is 5.78 Å². The largest absolute Gasteiger partial charge is 0.299 e. The molecule has 4 aliphatic rings. The first-order valence-electron chi connectivity index (χ1n) is 4.27. The van der Waals surface area contributed by atoms with Crippen LogP contribution in [0.4, 0.5) is 0 Å². The minimum absolute atomic E-state index is 0.486. The maximum Gasteiger partial charge on any atom is 0.139 e. The summed E-state index contributed by atoms with van der Waals surface area (Å²) in [7, 11) is 0. The van der Waals surface area contributed by atoms with Gasteiger partial charge >= 0.3 is 0 Å². The quantitative estimate of drug-likeness (QED) is 0.494. The molecular formula is C9H12O. The van der Waals surface area contributed by atoms with Gasteiger partial charge in [0.25, 0.3) is 0 Å². The number of carbonyl (C=O) groups is 1. The SMILES string of the molecule is CC12CC3CCC1C2C3=O. The van der Waals surface area contributed by atoms with Gasteiger partial charge in [0, 0.05) is 11.8 Å². The van der Waals surface area contributed by atoms with Gasteiger partial charge in [-0.2, -0.15) is 0 Å². The molecule has 4 rings (SSSR count). The molecule has 1 nitrogen and oxygen atoms in total. The van der Waals surface area contributed by atoms with E-state index in [0.717, 1.165) is 5.92 Å². The number of ketones is 1. The summed E-state index contributed by atoms with van der Waals surface area (Å²) in [6, 6.07) is 0. The van der Waals surface area contributed by atoms with Crippen molar-refractivity contribution in [3.63, 3.8) is 0 Å². The van der Waals surface area contributed by atoms with E-state index in [1.165, 1.54) is 19.3 Å². The molecule has 0 aromatic heterocycles. The third-order valence-electron chi connectivity index (χ3n) is 4.07. The van der Waals surface area contributed by atoms with Gasteiger partial charge in [0.05, 0.1) is 0 Å². The van der Waals surface area contributed by atoms with Crippen LogP contribution >= 0.6 is 0 Å². The Morgan fingerprint density at radius 2 is 2.30 bits per heavy atom. The molecule has 10 heavy (non-hydrogen) atoms. The Kier molecular flexibility index (Phi) is 0.637. The standard InChI is InChI=1S/C9H12O/c1-9-4-5-2-3-6(9)7(9)8(5)10/h5-7H,2-4H2,1H3. The molecule has 4 unspecified atom stereocenters. The summed E-state index contributed by atoms with van der Waals surface area (Å²) in [5.74, 6) is 2.43. The molecule has 0 saturated heterocycles. The molecule has 1 heteroatoms. The molecule has 0 aromatic rings. The highest BCUT2D eigenvalue weighted by Crippen LogP contribution is 2.73. The second-order valence-corrected chi connectivity index (χ2v) is 4.47. The predicted molar refractivity (Wildman–Crippen MR) is 37.4 cm³/mol. The van der Waals surface area contributed by atoms with Crippen molar-refractivity contribution in [1.82, 2.24) is 0 Å². The maximum absolute atomic E-state index is 11.4. The van der Waals surface area contributed by atoms with E-state index in [4.69, 9.17) is 0 Å². The van der Waals surface area contributed by atoms with E-state index in [-0.39, 0.29) is 0 Å². The van der Waals surface area contributed by atoms with E-state index >= 15 is 0 Å². The number of rotatable bonds is 0. The van der Waals surface area contributed by atoms with Crippen molar-refractivity contribution < 1.29 is 4.79 Å². The first kappa shape index (κ1) is 5.34. The van der Waals surface area contributed by atoms with Crippen molar-refractivity contribution in [3.8, 4) is 0 Å². The highest BCUT2D eigenvalue weighted by molar-refractivity contribution is 5.91. The van der Waals surface area contributed by atoms with Crippen LogP contribution in [-0.2, 0) is 4.79 Å². The van der Waals surface area contributed by atoms with Crippen LogP contribution in [0.3, 0.4) is 0 Å². The zero-order valence-electron chi connectivity index (χ0n) is 6.26. The lowest BCUT2D eigenvalue weighted by molar-refractivity contribution is -0.124. The highest BCUT2D eigenvalue weighted by Gasteiger charge is 2.72. The third kappa shape index (κ3) is 0.340. The molecule has 54 valence electrons. The summed E-state index contributed by atoms with van der Waals surface area (Å²) in [5.41, 5.74) is 0.500. The fraction of sp³-hybridized carbons (Fsp3) is 0.889. The molecule has 4 aliphatic carbocycles. The zero-order chi connectivity index (χ0) is 6.93. The Morgan fingerprint density at radius 1 is 1.50 bits per heavy atom. The fourth-order valence-corrected chi connectivity index (χ4v) is 3.47. The zero-order valence-corrected chi connectivity index (χ0v) is 6.26. The smallest absolute Gasteiger partial charge is 0.139 e. The average molecular weight is 136 g/mol. The van der Waals surface area contributed by atoms with E-state index in [9.17, 15) is 4.79 Å². The van der Waals surface area contributed by atoms with Crippen molar-refractivity contribution in [3.05, 3.63) is 0 Å². The lowest BCUT2D eigenvalue weighted by atomic mass is 9.81. The van der Waals surface area contributed by atoms with E-state index in [0.29, 0.717) is 23.0 Å². The van der Waals surface area contributed by atoms with E-state index in [2.05, 4.69) is 6.92 Å². The first-order chi connectivity index (χ1) is 4.73. The normalized spacial score (nSPS) is 62.9. The Labute approximate surface area is 60.8 Å². The molecule has 0 amide bonds. The second-order valence-electron chi connectivity index (χ2n) is 4.47. The fourth-order valence-electron chi connectivity index (χ4n) is 3.47. The van der Waals surface area contributed by atoms with Crippen molar-refractivity contribution in [1.29, 1.82) is 0 Å². The Balaban J connectivity index is 2.09. The van der Waals surface area contributed by atoms with Crippen molar-refractivity contribution in [2.24, 2.45) is 23.2 Å². The molecule has 4 saturated carbocycles. The van der Waals surface area contributed by atoms with Gasteiger partial charge in [0.1, 0.15) is 5.78 Å². The van der Waals surface area contributed by atoms with Crippen molar-refractivity contribution in [2.45, 2.75) is 26.2 Å². The van der Waals surface area contributed by atoms with Gasteiger partial charge in [0.15, 0.2) is 0 Å². The number of fused-ring (bicyclic) bond motifs is 1. The van der Waals surface area contributed by atoms with Crippen molar-refractivity contribution in [2.75, 3.05) is 0 Å². The summed E-state index contributed by atoms with van der Waals surface area (Å²) in [5, 5.41) is 0. The molecule has 0 aliphatic heterocycles. The predicted octanol–water partition coefficient (Wildman–Crippen LogP) is 1.62. The average Bonchev–Trinajstić information content (AvgIpc) is 2.44. The number of carbonyl (C=O) groups excluding carboxylic acids is 1. The van der Waals surface area contributed by atoms with Gasteiger partial charge in [0.2, 0.25) is 0 Å². The molecule has 0 aromatic carbocycles. The Morgan fingerprint density at radius 3 is 2.60 bits per heavy atom. The summed E-state index contributed by atoms with van der Waals surface area (Å²) < 4.78 is 0. The number of hydrogen-bond donors (Lipinski definition) is 0. The summed E-state index contributed by atoms with van der Waals surface area (Å²) >= 11 is 0. The van der Waals surface area contributed by atoms with E-state index < -0.39 is 0 Å². The summed E-state index contributed by atoms with van der Waals surface area (Å²) in [4.78, 5) is 11.4. The van der Waals surface area contributed by atoms with Crippen LogP contribution in [0.2, 0.25) is 0 Å². The molecule has 0 N–H and O–H groups in total. The number of hydrogen-bond acceptors (Lipinski definition) is 1. The molecule has 0 spiro atoms. The van der Waals surface area contributed by atoms with Crippen LogP contribution in [0.1, 0.15) is 26.2 Å². The monoisotopic (exact) mass is 136 g/mol.